The van der Waals surface area contributed by atoms with E-state index in [0.29, 0.717) is 29.7 Å². The molecule has 0 amide bonds. The molecule has 0 aromatic heterocycles. The molecule has 0 radical (unpaired) electrons. The Morgan fingerprint density at radius 1 is 0.432 bits per heavy atom. The maximum absolute atomic E-state index is 13.0. The van der Waals surface area contributed by atoms with E-state index in [1.807, 2.05) is 24.3 Å². The fourth-order valence-electron chi connectivity index (χ4n) is 6.05. The molecule has 0 unspecified atom stereocenters. The van der Waals surface area contributed by atoms with Crippen LogP contribution in [0.25, 0.3) is 10.8 Å². The Morgan fingerprint density at radius 3 is 1.05 bits per heavy atom. The number of hydrogen-bond donors (Lipinski definition) is 0. The molecule has 4 heteroatoms. The van der Waals surface area contributed by atoms with Gasteiger partial charge in [-0.3, -0.25) is 0 Å². The molecular weight excluding hydrogens is 544 g/mol. The number of fused-ring (bicyclic) bond motifs is 1. The summed E-state index contributed by atoms with van der Waals surface area (Å²) in [5, 5.41) is 1.49. The third-order valence-electron chi connectivity index (χ3n) is 8.81. The largest absolute Gasteiger partial charge is 0.462 e. The predicted octanol–water partition coefficient (Wildman–Crippen LogP) is 12.6. The maximum atomic E-state index is 13.0. The van der Waals surface area contributed by atoms with Crippen LogP contribution in [0.1, 0.15) is 189 Å². The van der Waals surface area contributed by atoms with Crippen LogP contribution >= 0.6 is 0 Å². The monoisotopic (exact) mass is 608 g/mol. The van der Waals surface area contributed by atoms with Crippen molar-refractivity contribution >= 4 is 22.7 Å². The number of esters is 2. The van der Waals surface area contributed by atoms with Crippen molar-refractivity contribution in [2.75, 3.05) is 13.2 Å². The quantitative estimate of drug-likeness (QED) is 0.0712. The van der Waals surface area contributed by atoms with Crippen LogP contribution in [0.3, 0.4) is 0 Å². The normalized spacial score (nSPS) is 11.2. The van der Waals surface area contributed by atoms with Crippen molar-refractivity contribution in [3.8, 4) is 0 Å². The Balaban J connectivity index is 1.65. The zero-order valence-corrected chi connectivity index (χ0v) is 28.5. The van der Waals surface area contributed by atoms with Crippen molar-refractivity contribution in [3.63, 3.8) is 0 Å². The van der Waals surface area contributed by atoms with Crippen LogP contribution in [0.4, 0.5) is 0 Å². The third kappa shape index (κ3) is 16.6. The zero-order chi connectivity index (χ0) is 31.5. The van der Waals surface area contributed by atoms with Crippen LogP contribution in [0.15, 0.2) is 36.4 Å². The number of hydrogen-bond acceptors (Lipinski definition) is 4. The fourth-order valence-corrected chi connectivity index (χ4v) is 6.05. The highest BCUT2D eigenvalue weighted by Crippen LogP contribution is 2.25. The Morgan fingerprint density at radius 2 is 0.727 bits per heavy atom. The van der Waals surface area contributed by atoms with Gasteiger partial charge in [0.1, 0.15) is 0 Å². The Labute approximate surface area is 270 Å². The number of benzene rings is 2. The second kappa shape index (κ2) is 25.9. The van der Waals surface area contributed by atoms with Gasteiger partial charge in [-0.25, -0.2) is 9.59 Å². The van der Waals surface area contributed by atoms with Crippen molar-refractivity contribution < 1.29 is 19.1 Å². The summed E-state index contributed by atoms with van der Waals surface area (Å²) in [7, 11) is 0. The first-order valence-electron chi connectivity index (χ1n) is 18.5. The molecule has 44 heavy (non-hydrogen) atoms. The maximum Gasteiger partial charge on any atom is 0.338 e. The van der Waals surface area contributed by atoms with Crippen LogP contribution in [0, 0.1) is 0 Å². The van der Waals surface area contributed by atoms with Crippen molar-refractivity contribution in [1.82, 2.24) is 0 Å². The lowest BCUT2D eigenvalue weighted by Crippen LogP contribution is -2.11. The van der Waals surface area contributed by atoms with Gasteiger partial charge in [0.25, 0.3) is 0 Å². The van der Waals surface area contributed by atoms with Gasteiger partial charge in [0, 0.05) is 5.39 Å². The SMILES string of the molecule is CCCCCCCCCCCCCCOC(=O)c1cccc2cccc(C(=O)OCCCCCCCCCCCCCC)c12. The summed E-state index contributed by atoms with van der Waals surface area (Å²) < 4.78 is 11.3. The van der Waals surface area contributed by atoms with Gasteiger partial charge in [-0.05, 0) is 30.4 Å². The number of carbonyl (C=O) groups excluding carboxylic acids is 2. The lowest BCUT2D eigenvalue weighted by molar-refractivity contribution is 0.0498. The smallest absolute Gasteiger partial charge is 0.338 e. The van der Waals surface area contributed by atoms with Crippen molar-refractivity contribution in [2.45, 2.75) is 168 Å². The highest BCUT2D eigenvalue weighted by Gasteiger charge is 2.19. The Bertz CT molecular complexity index is 937. The van der Waals surface area contributed by atoms with E-state index in [-0.39, 0.29) is 11.9 Å². The third-order valence-corrected chi connectivity index (χ3v) is 8.81. The number of ether oxygens (including phenoxy) is 2. The highest BCUT2D eigenvalue weighted by molar-refractivity contribution is 6.13. The molecule has 0 saturated heterocycles. The van der Waals surface area contributed by atoms with Gasteiger partial charge < -0.3 is 9.47 Å². The van der Waals surface area contributed by atoms with Gasteiger partial charge >= 0.3 is 11.9 Å². The van der Waals surface area contributed by atoms with E-state index in [4.69, 9.17) is 9.47 Å². The Hall–Kier alpha value is -2.36. The van der Waals surface area contributed by atoms with Gasteiger partial charge in [0.2, 0.25) is 0 Å². The number of unbranched alkanes of at least 4 members (excludes halogenated alkanes) is 22. The molecule has 0 fully saturated rings. The molecule has 2 rings (SSSR count). The van der Waals surface area contributed by atoms with Gasteiger partial charge in [-0.1, -0.05) is 179 Å². The van der Waals surface area contributed by atoms with E-state index in [1.165, 1.54) is 128 Å². The average Bonchev–Trinajstić information content (AvgIpc) is 3.04. The standard InChI is InChI=1S/C40H64O4/c1-3-5-7-9-11-13-15-17-19-21-23-25-33-43-39(41)36-31-27-29-35-30-28-32-37(38(35)36)40(42)44-34-26-24-22-20-18-16-14-12-10-8-6-4-2/h27-32H,3-26,33-34H2,1-2H3. The molecule has 0 aliphatic rings. The van der Waals surface area contributed by atoms with E-state index in [1.54, 1.807) is 12.1 Å². The second-order valence-electron chi connectivity index (χ2n) is 12.8. The Kier molecular flexibility index (Phi) is 22.3. The molecule has 0 aliphatic heterocycles. The molecule has 0 N–H and O–H groups in total. The summed E-state index contributed by atoms with van der Waals surface area (Å²) >= 11 is 0. The molecule has 248 valence electrons. The minimum Gasteiger partial charge on any atom is -0.462 e. The first-order chi connectivity index (χ1) is 21.7. The molecule has 2 aromatic rings. The molecule has 4 nitrogen and oxygen atoms in total. The van der Waals surface area contributed by atoms with Crippen LogP contribution < -0.4 is 0 Å². The minimum absolute atomic E-state index is 0.361. The molecule has 0 atom stereocenters. The van der Waals surface area contributed by atoms with E-state index in [2.05, 4.69) is 13.8 Å². The fraction of sp³-hybridized carbons (Fsp3) is 0.700. The molecule has 0 spiro atoms. The average molecular weight is 609 g/mol. The van der Waals surface area contributed by atoms with Gasteiger partial charge in [-0.15, -0.1) is 0 Å². The molecule has 0 saturated carbocycles. The van der Waals surface area contributed by atoms with E-state index in [0.717, 1.165) is 31.1 Å². The second-order valence-corrected chi connectivity index (χ2v) is 12.8. The van der Waals surface area contributed by atoms with E-state index < -0.39 is 0 Å². The van der Waals surface area contributed by atoms with E-state index >= 15 is 0 Å². The van der Waals surface area contributed by atoms with Crippen LogP contribution in [-0.4, -0.2) is 25.2 Å². The molecule has 0 heterocycles. The van der Waals surface area contributed by atoms with Gasteiger partial charge in [0.05, 0.1) is 24.3 Å². The molecular formula is C40H64O4. The summed E-state index contributed by atoms with van der Waals surface area (Å²) in [6.07, 6.45) is 30.5. The van der Waals surface area contributed by atoms with E-state index in [9.17, 15) is 9.59 Å². The number of rotatable bonds is 28. The summed E-state index contributed by atoms with van der Waals surface area (Å²) in [6, 6.07) is 11.1. The van der Waals surface area contributed by atoms with Gasteiger partial charge in [-0.2, -0.15) is 0 Å². The summed E-state index contributed by atoms with van der Waals surface area (Å²) in [5.74, 6) is -0.722. The van der Waals surface area contributed by atoms with Crippen molar-refractivity contribution in [3.05, 3.63) is 47.5 Å². The molecule has 0 aliphatic carbocycles. The summed E-state index contributed by atoms with van der Waals surface area (Å²) in [6.45, 7) is 5.36. The zero-order valence-electron chi connectivity index (χ0n) is 28.5. The van der Waals surface area contributed by atoms with Gasteiger partial charge in [0.15, 0.2) is 0 Å². The van der Waals surface area contributed by atoms with Crippen molar-refractivity contribution in [1.29, 1.82) is 0 Å². The lowest BCUT2D eigenvalue weighted by atomic mass is 9.99. The predicted molar refractivity (Wildman–Crippen MR) is 187 cm³/mol. The lowest BCUT2D eigenvalue weighted by Gasteiger charge is -2.12. The molecule has 0 bridgehead atoms. The summed E-state index contributed by atoms with van der Waals surface area (Å²) in [5.41, 5.74) is 0.888. The summed E-state index contributed by atoms with van der Waals surface area (Å²) in [4.78, 5) is 26.1. The minimum atomic E-state index is -0.361. The highest BCUT2D eigenvalue weighted by atomic mass is 16.5. The van der Waals surface area contributed by atoms with Crippen molar-refractivity contribution in [2.24, 2.45) is 0 Å². The first kappa shape index (κ1) is 37.8. The molecule has 2 aromatic carbocycles. The van der Waals surface area contributed by atoms with Crippen LogP contribution in [-0.2, 0) is 9.47 Å². The topological polar surface area (TPSA) is 52.6 Å². The number of carbonyl (C=O) groups is 2. The first-order valence-corrected chi connectivity index (χ1v) is 18.5. The van der Waals surface area contributed by atoms with Crippen LogP contribution in [0.5, 0.6) is 0 Å². The van der Waals surface area contributed by atoms with Crippen LogP contribution in [0.2, 0.25) is 0 Å².